The maximum absolute atomic E-state index is 4.10. The number of aromatic nitrogens is 2. The third-order valence-electron chi connectivity index (χ3n) is 2.76. The van der Waals surface area contributed by atoms with Gasteiger partial charge in [0.15, 0.2) is 0 Å². The van der Waals surface area contributed by atoms with Crippen LogP contribution in [0.3, 0.4) is 0 Å². The van der Waals surface area contributed by atoms with Crippen LogP contribution in [0.15, 0.2) is 30.5 Å². The Morgan fingerprint density at radius 1 is 1.35 bits per heavy atom. The van der Waals surface area contributed by atoms with Crippen LogP contribution in [0.5, 0.6) is 0 Å². The molecule has 1 heterocycles. The molecule has 0 spiro atoms. The largest absolute Gasteiger partial charge is 0.383 e. The second-order valence-corrected chi connectivity index (χ2v) is 5.29. The van der Waals surface area contributed by atoms with E-state index in [0.29, 0.717) is 4.83 Å². The van der Waals surface area contributed by atoms with Gasteiger partial charge in [0.25, 0.3) is 0 Å². The van der Waals surface area contributed by atoms with Crippen LogP contribution in [-0.4, -0.2) is 21.6 Å². The van der Waals surface area contributed by atoms with Crippen molar-refractivity contribution in [2.75, 3.05) is 11.9 Å². The molecule has 0 fully saturated rings. The number of nitrogens with zero attached hydrogens (tertiary/aromatic N) is 2. The van der Waals surface area contributed by atoms with Gasteiger partial charge in [0, 0.05) is 16.8 Å². The second kappa shape index (κ2) is 5.96. The van der Waals surface area contributed by atoms with Crippen molar-refractivity contribution in [3.05, 3.63) is 30.5 Å². The van der Waals surface area contributed by atoms with Gasteiger partial charge in [0.2, 0.25) is 0 Å². The van der Waals surface area contributed by atoms with Crippen LogP contribution in [0, 0.1) is 0 Å². The van der Waals surface area contributed by atoms with E-state index in [-0.39, 0.29) is 0 Å². The van der Waals surface area contributed by atoms with Gasteiger partial charge in [-0.05, 0) is 18.9 Å². The molecule has 90 valence electrons. The average molecular weight is 294 g/mol. The summed E-state index contributed by atoms with van der Waals surface area (Å²) < 4.78 is 0. The molecule has 2 rings (SSSR count). The molecule has 0 saturated carbocycles. The zero-order chi connectivity index (χ0) is 12.1. The molecule has 17 heavy (non-hydrogen) atoms. The summed E-state index contributed by atoms with van der Waals surface area (Å²) in [7, 11) is 0. The first-order chi connectivity index (χ1) is 8.31. The summed E-state index contributed by atoms with van der Waals surface area (Å²) in [4.78, 5) is 0.580. The molecule has 1 unspecified atom stereocenters. The number of halogens is 1. The number of nitrogens with one attached hydrogen (secondary N) is 1. The molecule has 0 saturated heterocycles. The predicted octanol–water partition coefficient (Wildman–Crippen LogP) is 3.61. The summed E-state index contributed by atoms with van der Waals surface area (Å²) in [6.07, 6.45) is 4.04. The van der Waals surface area contributed by atoms with Crippen LogP contribution >= 0.6 is 15.9 Å². The van der Waals surface area contributed by atoms with E-state index in [9.17, 15) is 0 Å². The molecule has 0 aliphatic heterocycles. The van der Waals surface area contributed by atoms with E-state index in [1.54, 1.807) is 6.20 Å². The van der Waals surface area contributed by atoms with Crippen molar-refractivity contribution in [1.29, 1.82) is 0 Å². The van der Waals surface area contributed by atoms with Gasteiger partial charge in [-0.25, -0.2) is 0 Å². The number of hydrogen-bond donors (Lipinski definition) is 1. The Morgan fingerprint density at radius 2 is 2.18 bits per heavy atom. The van der Waals surface area contributed by atoms with Crippen molar-refractivity contribution in [1.82, 2.24) is 10.2 Å². The van der Waals surface area contributed by atoms with Crippen LogP contribution in [0.4, 0.5) is 5.69 Å². The van der Waals surface area contributed by atoms with E-state index in [1.165, 1.54) is 0 Å². The first kappa shape index (κ1) is 12.3. The molecule has 3 nitrogen and oxygen atoms in total. The highest BCUT2D eigenvalue weighted by Crippen LogP contribution is 2.20. The number of benzene rings is 1. The Balaban J connectivity index is 2.08. The normalized spacial score (nSPS) is 12.6. The Bertz CT molecular complexity index is 482. The van der Waals surface area contributed by atoms with Crippen molar-refractivity contribution in [2.45, 2.75) is 24.6 Å². The molecular weight excluding hydrogens is 278 g/mol. The SMILES string of the molecule is CCC(Br)CCNc1cnnc2ccccc12. The quantitative estimate of drug-likeness (QED) is 0.856. The molecule has 0 amide bonds. The molecule has 1 N–H and O–H groups in total. The molecule has 1 aromatic heterocycles. The van der Waals surface area contributed by atoms with Gasteiger partial charge in [-0.2, -0.15) is 10.2 Å². The molecule has 0 aliphatic rings. The molecule has 4 heteroatoms. The minimum absolute atomic E-state index is 0.580. The highest BCUT2D eigenvalue weighted by molar-refractivity contribution is 9.09. The average Bonchev–Trinajstić information content (AvgIpc) is 2.39. The Hall–Kier alpha value is -1.16. The zero-order valence-electron chi connectivity index (χ0n) is 9.86. The first-order valence-corrected chi connectivity index (χ1v) is 6.81. The summed E-state index contributed by atoms with van der Waals surface area (Å²) in [6.45, 7) is 3.13. The first-order valence-electron chi connectivity index (χ1n) is 5.89. The molecule has 2 aromatic rings. The van der Waals surface area contributed by atoms with E-state index in [4.69, 9.17) is 0 Å². The van der Waals surface area contributed by atoms with E-state index < -0.39 is 0 Å². The maximum atomic E-state index is 4.10. The monoisotopic (exact) mass is 293 g/mol. The van der Waals surface area contributed by atoms with E-state index in [1.807, 2.05) is 18.2 Å². The smallest absolute Gasteiger partial charge is 0.0950 e. The van der Waals surface area contributed by atoms with Gasteiger partial charge in [-0.1, -0.05) is 41.1 Å². The third kappa shape index (κ3) is 3.16. The van der Waals surface area contributed by atoms with Gasteiger partial charge < -0.3 is 5.32 Å². The van der Waals surface area contributed by atoms with E-state index >= 15 is 0 Å². The fraction of sp³-hybridized carbons (Fsp3) is 0.385. The van der Waals surface area contributed by atoms with Gasteiger partial charge in [-0.15, -0.1) is 0 Å². The van der Waals surface area contributed by atoms with Gasteiger partial charge in [-0.3, -0.25) is 0 Å². The predicted molar refractivity (Wildman–Crippen MR) is 75.7 cm³/mol. The molecular formula is C13H16BrN3. The van der Waals surface area contributed by atoms with Crippen molar-refractivity contribution < 1.29 is 0 Å². The topological polar surface area (TPSA) is 37.8 Å². The molecule has 1 aromatic carbocycles. The fourth-order valence-electron chi connectivity index (χ4n) is 1.72. The van der Waals surface area contributed by atoms with Crippen molar-refractivity contribution >= 4 is 32.5 Å². The third-order valence-corrected chi connectivity index (χ3v) is 3.87. The lowest BCUT2D eigenvalue weighted by atomic mass is 10.2. The molecule has 1 atom stereocenters. The van der Waals surface area contributed by atoms with E-state index in [0.717, 1.165) is 36.0 Å². The standard InChI is InChI=1S/C13H16BrN3/c1-2-10(14)7-8-15-13-9-16-17-12-6-4-3-5-11(12)13/h3-6,9-10H,2,7-8H2,1H3,(H,15,17). The minimum atomic E-state index is 0.580. The highest BCUT2D eigenvalue weighted by Gasteiger charge is 2.03. The number of hydrogen-bond acceptors (Lipinski definition) is 3. The summed E-state index contributed by atoms with van der Waals surface area (Å²) >= 11 is 3.63. The number of fused-ring (bicyclic) bond motifs is 1. The van der Waals surface area contributed by atoms with Gasteiger partial charge >= 0.3 is 0 Å². The van der Waals surface area contributed by atoms with Crippen LogP contribution < -0.4 is 5.32 Å². The van der Waals surface area contributed by atoms with E-state index in [2.05, 4.69) is 44.4 Å². The lowest BCUT2D eigenvalue weighted by molar-refractivity contribution is 0.774. The van der Waals surface area contributed by atoms with Crippen LogP contribution in [0.2, 0.25) is 0 Å². The maximum Gasteiger partial charge on any atom is 0.0950 e. The fourth-order valence-corrected chi connectivity index (χ4v) is 1.94. The van der Waals surface area contributed by atoms with Crippen LogP contribution in [-0.2, 0) is 0 Å². The molecule has 0 radical (unpaired) electrons. The number of anilines is 1. The van der Waals surface area contributed by atoms with Gasteiger partial charge in [0.1, 0.15) is 0 Å². The summed E-state index contributed by atoms with van der Waals surface area (Å²) in [6, 6.07) is 8.05. The zero-order valence-corrected chi connectivity index (χ0v) is 11.4. The van der Waals surface area contributed by atoms with Crippen molar-refractivity contribution in [3.63, 3.8) is 0 Å². The van der Waals surface area contributed by atoms with Gasteiger partial charge in [0.05, 0.1) is 17.4 Å². The Kier molecular flexibility index (Phi) is 4.31. The summed E-state index contributed by atoms with van der Waals surface area (Å²) in [5.41, 5.74) is 2.00. The lowest BCUT2D eigenvalue weighted by Crippen LogP contribution is -2.08. The highest BCUT2D eigenvalue weighted by atomic mass is 79.9. The second-order valence-electron chi connectivity index (χ2n) is 4.00. The number of rotatable bonds is 5. The number of alkyl halides is 1. The molecule has 0 bridgehead atoms. The minimum Gasteiger partial charge on any atom is -0.383 e. The van der Waals surface area contributed by atoms with Crippen molar-refractivity contribution in [2.24, 2.45) is 0 Å². The summed E-state index contributed by atoms with van der Waals surface area (Å²) in [5.74, 6) is 0. The Labute approximate surface area is 110 Å². The van der Waals surface area contributed by atoms with Crippen LogP contribution in [0.25, 0.3) is 10.9 Å². The van der Waals surface area contributed by atoms with Crippen LogP contribution in [0.1, 0.15) is 19.8 Å². The molecule has 0 aliphatic carbocycles. The lowest BCUT2D eigenvalue weighted by Gasteiger charge is -2.10. The van der Waals surface area contributed by atoms with Crippen molar-refractivity contribution in [3.8, 4) is 0 Å². The Morgan fingerprint density at radius 3 is 3.00 bits per heavy atom. The summed E-state index contributed by atoms with van der Waals surface area (Å²) in [5, 5.41) is 12.7.